The first-order chi connectivity index (χ1) is 11.5. The van der Waals surface area contributed by atoms with Crippen LogP contribution in [0, 0.1) is 19.7 Å². The van der Waals surface area contributed by atoms with E-state index >= 15 is 0 Å². The van der Waals surface area contributed by atoms with Crippen molar-refractivity contribution < 1.29 is 13.7 Å². The monoisotopic (exact) mass is 332 g/mol. The lowest BCUT2D eigenvalue weighted by atomic mass is 10.1. The van der Waals surface area contributed by atoms with Crippen LogP contribution in [0.3, 0.4) is 0 Å². The lowest BCUT2D eigenvalue weighted by molar-refractivity contribution is 0.184. The van der Waals surface area contributed by atoms with E-state index in [0.717, 1.165) is 31.2 Å². The molecule has 0 aliphatic carbocycles. The number of amides is 2. The Balaban J connectivity index is 1.81. The number of anilines is 1. The van der Waals surface area contributed by atoms with Gasteiger partial charge in [-0.1, -0.05) is 24.1 Å². The van der Waals surface area contributed by atoms with Gasteiger partial charge >= 0.3 is 6.03 Å². The van der Waals surface area contributed by atoms with Gasteiger partial charge in [0, 0.05) is 13.5 Å². The first-order valence-electron chi connectivity index (χ1n) is 8.18. The number of rotatable bonds is 2. The van der Waals surface area contributed by atoms with Gasteiger partial charge < -0.3 is 14.7 Å². The number of aryl methyl sites for hydroxylation is 2. The zero-order valence-corrected chi connectivity index (χ0v) is 13.9. The molecule has 1 aromatic carbocycles. The topological polar surface area (TPSA) is 71.3 Å². The molecule has 1 aromatic heterocycles. The van der Waals surface area contributed by atoms with Crippen LogP contribution in [0.4, 0.5) is 14.9 Å². The second-order valence-corrected chi connectivity index (χ2v) is 6.14. The van der Waals surface area contributed by atoms with Crippen molar-refractivity contribution in [3.63, 3.8) is 0 Å². The summed E-state index contributed by atoms with van der Waals surface area (Å²) in [5.41, 5.74) is 0.985. The summed E-state index contributed by atoms with van der Waals surface area (Å²) in [4.78, 5) is 18.7. The van der Waals surface area contributed by atoms with E-state index in [1.807, 2.05) is 0 Å². The van der Waals surface area contributed by atoms with Gasteiger partial charge in [0.25, 0.3) is 0 Å². The summed E-state index contributed by atoms with van der Waals surface area (Å²) in [5.74, 6) is 0.540. The average molecular weight is 332 g/mol. The first kappa shape index (κ1) is 16.4. The van der Waals surface area contributed by atoms with Crippen LogP contribution in [-0.4, -0.2) is 27.6 Å². The van der Waals surface area contributed by atoms with Gasteiger partial charge in [0.15, 0.2) is 5.82 Å². The van der Waals surface area contributed by atoms with Crippen LogP contribution in [0.1, 0.15) is 49.0 Å². The first-order valence-corrected chi connectivity index (χ1v) is 8.18. The van der Waals surface area contributed by atoms with Crippen molar-refractivity contribution in [3.8, 4) is 0 Å². The highest BCUT2D eigenvalue weighted by Gasteiger charge is 2.30. The Morgan fingerprint density at radius 2 is 2.17 bits per heavy atom. The molecule has 0 radical (unpaired) electrons. The molecule has 1 aliphatic heterocycles. The lowest BCUT2D eigenvalue weighted by Crippen LogP contribution is -2.38. The van der Waals surface area contributed by atoms with Gasteiger partial charge in [-0.3, -0.25) is 0 Å². The van der Waals surface area contributed by atoms with Gasteiger partial charge in [-0.05, 0) is 37.5 Å². The molecular weight excluding hydrogens is 311 g/mol. The average Bonchev–Trinajstić information content (AvgIpc) is 2.83. The Morgan fingerprint density at radius 1 is 1.33 bits per heavy atom. The molecule has 1 atom stereocenters. The SMILES string of the molecule is Cc1ccc(NC(=O)N2CCCCCC2c2noc(C)n2)c(F)c1. The van der Waals surface area contributed by atoms with Crippen LogP contribution < -0.4 is 5.32 Å². The molecule has 3 rings (SSSR count). The summed E-state index contributed by atoms with van der Waals surface area (Å²) in [6.45, 7) is 4.11. The second kappa shape index (κ2) is 6.98. The molecule has 7 heteroatoms. The molecule has 2 amide bonds. The van der Waals surface area contributed by atoms with Crippen molar-refractivity contribution in [2.24, 2.45) is 0 Å². The molecular formula is C17H21FN4O2. The van der Waals surface area contributed by atoms with E-state index < -0.39 is 5.82 Å². The normalized spacial score (nSPS) is 18.3. The Hall–Kier alpha value is -2.44. The number of carbonyl (C=O) groups is 1. The van der Waals surface area contributed by atoms with Crippen LogP contribution in [0.25, 0.3) is 0 Å². The maximum absolute atomic E-state index is 14.0. The van der Waals surface area contributed by atoms with Crippen LogP contribution in [0.2, 0.25) is 0 Å². The van der Waals surface area contributed by atoms with Gasteiger partial charge in [0.1, 0.15) is 5.82 Å². The molecule has 1 fully saturated rings. The molecule has 1 N–H and O–H groups in total. The van der Waals surface area contributed by atoms with Crippen molar-refractivity contribution in [1.82, 2.24) is 15.0 Å². The largest absolute Gasteiger partial charge is 0.340 e. The smallest absolute Gasteiger partial charge is 0.322 e. The predicted molar refractivity (Wildman–Crippen MR) is 87.1 cm³/mol. The number of likely N-dealkylation sites (tertiary alicyclic amines) is 1. The number of urea groups is 1. The Labute approximate surface area is 140 Å². The number of nitrogens with one attached hydrogen (secondary N) is 1. The fraction of sp³-hybridized carbons (Fsp3) is 0.471. The Morgan fingerprint density at radius 3 is 2.88 bits per heavy atom. The highest BCUT2D eigenvalue weighted by atomic mass is 19.1. The van der Waals surface area contributed by atoms with Crippen molar-refractivity contribution in [3.05, 3.63) is 41.3 Å². The van der Waals surface area contributed by atoms with E-state index in [1.165, 1.54) is 6.07 Å². The molecule has 2 aromatic rings. The van der Waals surface area contributed by atoms with E-state index in [2.05, 4.69) is 15.5 Å². The van der Waals surface area contributed by atoms with Crippen molar-refractivity contribution in [2.75, 3.05) is 11.9 Å². The number of benzene rings is 1. The second-order valence-electron chi connectivity index (χ2n) is 6.14. The molecule has 0 bridgehead atoms. The van der Waals surface area contributed by atoms with Crippen molar-refractivity contribution in [1.29, 1.82) is 0 Å². The molecule has 24 heavy (non-hydrogen) atoms. The number of aromatic nitrogens is 2. The Bertz CT molecular complexity index is 731. The van der Waals surface area contributed by atoms with Crippen LogP contribution in [0.15, 0.2) is 22.7 Å². The standard InChI is InChI=1S/C17H21FN4O2/c1-11-7-8-14(13(18)10-11)20-17(23)22-9-5-3-4-6-15(22)16-19-12(2)24-21-16/h7-8,10,15H,3-6,9H2,1-2H3,(H,20,23). The molecule has 2 heterocycles. The van der Waals surface area contributed by atoms with E-state index in [0.29, 0.717) is 18.3 Å². The molecule has 0 saturated carbocycles. The molecule has 1 aliphatic rings. The summed E-state index contributed by atoms with van der Waals surface area (Å²) < 4.78 is 19.1. The Kier molecular flexibility index (Phi) is 4.78. The van der Waals surface area contributed by atoms with Crippen LogP contribution >= 0.6 is 0 Å². The zero-order valence-electron chi connectivity index (χ0n) is 13.9. The quantitative estimate of drug-likeness (QED) is 0.903. The zero-order chi connectivity index (χ0) is 17.1. The summed E-state index contributed by atoms with van der Waals surface area (Å²) in [6.07, 6.45) is 3.69. The van der Waals surface area contributed by atoms with Gasteiger partial charge in [0.05, 0.1) is 11.7 Å². The highest BCUT2D eigenvalue weighted by Crippen LogP contribution is 2.29. The van der Waals surface area contributed by atoms with E-state index in [1.54, 1.807) is 30.9 Å². The highest BCUT2D eigenvalue weighted by molar-refractivity contribution is 5.89. The maximum atomic E-state index is 14.0. The fourth-order valence-corrected chi connectivity index (χ4v) is 2.98. The molecule has 1 saturated heterocycles. The van der Waals surface area contributed by atoms with Crippen molar-refractivity contribution >= 4 is 11.7 Å². The summed E-state index contributed by atoms with van der Waals surface area (Å²) >= 11 is 0. The van der Waals surface area contributed by atoms with Crippen LogP contribution in [0.5, 0.6) is 0 Å². The fourth-order valence-electron chi connectivity index (χ4n) is 2.98. The third-order valence-corrected chi connectivity index (χ3v) is 4.22. The molecule has 128 valence electrons. The molecule has 6 nitrogen and oxygen atoms in total. The third kappa shape index (κ3) is 3.55. The predicted octanol–water partition coefficient (Wildman–Crippen LogP) is 3.97. The number of halogens is 1. The molecule has 1 unspecified atom stereocenters. The van der Waals surface area contributed by atoms with E-state index in [9.17, 15) is 9.18 Å². The van der Waals surface area contributed by atoms with E-state index in [-0.39, 0.29) is 17.8 Å². The number of hydrogen-bond acceptors (Lipinski definition) is 4. The minimum atomic E-state index is -0.440. The summed E-state index contributed by atoms with van der Waals surface area (Å²) in [5, 5.41) is 6.64. The van der Waals surface area contributed by atoms with E-state index in [4.69, 9.17) is 4.52 Å². The van der Waals surface area contributed by atoms with Gasteiger partial charge in [-0.2, -0.15) is 4.98 Å². The van der Waals surface area contributed by atoms with Crippen LogP contribution in [-0.2, 0) is 0 Å². The lowest BCUT2D eigenvalue weighted by Gasteiger charge is -2.28. The summed E-state index contributed by atoms with van der Waals surface area (Å²) in [6, 6.07) is 4.15. The minimum absolute atomic E-state index is 0.179. The maximum Gasteiger partial charge on any atom is 0.322 e. The third-order valence-electron chi connectivity index (χ3n) is 4.22. The number of hydrogen-bond donors (Lipinski definition) is 1. The summed E-state index contributed by atoms with van der Waals surface area (Å²) in [7, 11) is 0. The van der Waals surface area contributed by atoms with Crippen molar-refractivity contribution in [2.45, 2.75) is 45.6 Å². The number of carbonyl (C=O) groups excluding carboxylic acids is 1. The minimum Gasteiger partial charge on any atom is -0.340 e. The van der Waals surface area contributed by atoms with Gasteiger partial charge in [-0.15, -0.1) is 0 Å². The number of nitrogens with zero attached hydrogens (tertiary/aromatic N) is 3. The van der Waals surface area contributed by atoms with Gasteiger partial charge in [0.2, 0.25) is 5.89 Å². The van der Waals surface area contributed by atoms with Gasteiger partial charge in [-0.25, -0.2) is 9.18 Å². The molecule has 0 spiro atoms.